The van der Waals surface area contributed by atoms with Crippen LogP contribution >= 0.6 is 11.3 Å². The van der Waals surface area contributed by atoms with E-state index in [0.717, 1.165) is 30.4 Å². The maximum absolute atomic E-state index is 4.32. The van der Waals surface area contributed by atoms with E-state index >= 15 is 0 Å². The van der Waals surface area contributed by atoms with Gasteiger partial charge in [0.1, 0.15) is 11.4 Å². The van der Waals surface area contributed by atoms with Gasteiger partial charge in [-0.3, -0.25) is 0 Å². The monoisotopic (exact) mass is 220 g/mol. The Bertz CT molecular complexity index is 355. The van der Waals surface area contributed by atoms with E-state index in [2.05, 4.69) is 34.5 Å². The molecule has 0 saturated carbocycles. The highest BCUT2D eigenvalue weighted by atomic mass is 32.1. The first kappa shape index (κ1) is 10.5. The molecule has 1 fully saturated rings. The van der Waals surface area contributed by atoms with Crippen LogP contribution in [0, 0.1) is 5.92 Å². The standard InChI is InChI=1S/C12H16N2S/c1-3-12(11-8-15-9-13-11)14-6-4-10(2)5-7-14/h8-10H,1,4-7H2,2H3. The second-order valence-corrected chi connectivity index (χ2v) is 4.79. The van der Waals surface area contributed by atoms with Crippen molar-refractivity contribution in [2.75, 3.05) is 13.1 Å². The van der Waals surface area contributed by atoms with Crippen molar-refractivity contribution >= 4 is 17.0 Å². The summed E-state index contributed by atoms with van der Waals surface area (Å²) in [7, 11) is 0. The summed E-state index contributed by atoms with van der Waals surface area (Å²) < 4.78 is 0. The van der Waals surface area contributed by atoms with Crippen molar-refractivity contribution in [3.05, 3.63) is 28.9 Å². The third-order valence-corrected chi connectivity index (χ3v) is 3.53. The molecule has 1 saturated heterocycles. The Labute approximate surface area is 95.0 Å². The number of piperidine rings is 1. The van der Waals surface area contributed by atoms with Gasteiger partial charge in [0.25, 0.3) is 0 Å². The van der Waals surface area contributed by atoms with E-state index in [4.69, 9.17) is 0 Å². The molecule has 0 amide bonds. The van der Waals surface area contributed by atoms with Crippen LogP contribution in [0.15, 0.2) is 23.2 Å². The van der Waals surface area contributed by atoms with Crippen molar-refractivity contribution in [3.8, 4) is 0 Å². The topological polar surface area (TPSA) is 16.1 Å². The number of likely N-dealkylation sites (tertiary alicyclic amines) is 1. The molecule has 0 spiro atoms. The van der Waals surface area contributed by atoms with Crippen LogP contribution < -0.4 is 0 Å². The van der Waals surface area contributed by atoms with E-state index in [1.807, 2.05) is 5.51 Å². The first-order valence-electron chi connectivity index (χ1n) is 5.35. The zero-order valence-corrected chi connectivity index (χ0v) is 9.89. The Morgan fingerprint density at radius 2 is 2.33 bits per heavy atom. The molecule has 0 N–H and O–H groups in total. The van der Waals surface area contributed by atoms with Crippen LogP contribution in [0.2, 0.25) is 0 Å². The van der Waals surface area contributed by atoms with Gasteiger partial charge in [0.05, 0.1) is 5.51 Å². The fourth-order valence-corrected chi connectivity index (χ4v) is 2.46. The number of hydrogen-bond donors (Lipinski definition) is 0. The SMILES string of the molecule is C=C=C(c1cscn1)N1CCC(C)CC1. The van der Waals surface area contributed by atoms with Crippen LogP contribution in [0.4, 0.5) is 0 Å². The fraction of sp³-hybridized carbons (Fsp3) is 0.500. The third kappa shape index (κ3) is 2.31. The number of thiazole rings is 1. The summed E-state index contributed by atoms with van der Waals surface area (Å²) in [5.74, 6) is 0.850. The molecule has 0 atom stereocenters. The highest BCUT2D eigenvalue weighted by Crippen LogP contribution is 2.24. The number of aromatic nitrogens is 1. The molecule has 0 radical (unpaired) electrons. The predicted molar refractivity (Wildman–Crippen MR) is 64.6 cm³/mol. The number of rotatable bonds is 2. The van der Waals surface area contributed by atoms with Gasteiger partial charge >= 0.3 is 0 Å². The van der Waals surface area contributed by atoms with Crippen LogP contribution in [0.25, 0.3) is 5.70 Å². The Balaban J connectivity index is 2.12. The summed E-state index contributed by atoms with van der Waals surface area (Å²) in [6, 6.07) is 0. The van der Waals surface area contributed by atoms with Crippen LogP contribution in [0.1, 0.15) is 25.5 Å². The van der Waals surface area contributed by atoms with Crippen LogP contribution in [0.3, 0.4) is 0 Å². The van der Waals surface area contributed by atoms with Crippen molar-refractivity contribution in [1.82, 2.24) is 9.88 Å². The fourth-order valence-electron chi connectivity index (χ4n) is 1.93. The van der Waals surface area contributed by atoms with Crippen LogP contribution in [0.5, 0.6) is 0 Å². The van der Waals surface area contributed by atoms with Crippen molar-refractivity contribution in [2.45, 2.75) is 19.8 Å². The van der Waals surface area contributed by atoms with Gasteiger partial charge < -0.3 is 4.90 Å². The molecule has 2 heterocycles. The number of hydrogen-bond acceptors (Lipinski definition) is 3. The normalized spacial score (nSPS) is 17.5. The Morgan fingerprint density at radius 3 is 2.87 bits per heavy atom. The van der Waals surface area contributed by atoms with Crippen LogP contribution in [-0.2, 0) is 0 Å². The highest BCUT2D eigenvalue weighted by molar-refractivity contribution is 7.07. The Morgan fingerprint density at radius 1 is 1.60 bits per heavy atom. The molecule has 15 heavy (non-hydrogen) atoms. The maximum atomic E-state index is 4.32. The lowest BCUT2D eigenvalue weighted by Crippen LogP contribution is -2.31. The molecule has 0 aromatic carbocycles. The molecule has 1 aromatic rings. The Kier molecular flexibility index (Phi) is 3.24. The minimum atomic E-state index is 0.850. The second kappa shape index (κ2) is 4.65. The smallest absolute Gasteiger partial charge is 0.106 e. The summed E-state index contributed by atoms with van der Waals surface area (Å²) >= 11 is 1.62. The number of nitrogens with zero attached hydrogens (tertiary/aromatic N) is 2. The molecule has 1 aliphatic rings. The lowest BCUT2D eigenvalue weighted by Gasteiger charge is -2.32. The van der Waals surface area contributed by atoms with E-state index in [0.29, 0.717) is 0 Å². The minimum absolute atomic E-state index is 0.850. The zero-order valence-electron chi connectivity index (χ0n) is 9.07. The van der Waals surface area contributed by atoms with Gasteiger partial charge in [0.15, 0.2) is 0 Å². The minimum Gasteiger partial charge on any atom is -0.363 e. The van der Waals surface area contributed by atoms with E-state index < -0.39 is 0 Å². The molecule has 1 aromatic heterocycles. The molecule has 0 aliphatic carbocycles. The van der Waals surface area contributed by atoms with Gasteiger partial charge in [-0.25, -0.2) is 4.98 Å². The molecular formula is C12H16N2S. The van der Waals surface area contributed by atoms with Crippen molar-refractivity contribution < 1.29 is 0 Å². The first-order valence-corrected chi connectivity index (χ1v) is 6.29. The highest BCUT2D eigenvalue weighted by Gasteiger charge is 2.19. The first-order chi connectivity index (χ1) is 7.31. The predicted octanol–water partition coefficient (Wildman–Crippen LogP) is 3.00. The Hall–Kier alpha value is -1.05. The quantitative estimate of drug-likeness (QED) is 0.712. The van der Waals surface area contributed by atoms with Crippen LogP contribution in [-0.4, -0.2) is 23.0 Å². The van der Waals surface area contributed by atoms with Gasteiger partial charge in [0, 0.05) is 18.5 Å². The van der Waals surface area contributed by atoms with Gasteiger partial charge in [-0.1, -0.05) is 13.5 Å². The van der Waals surface area contributed by atoms with Gasteiger partial charge in [0.2, 0.25) is 0 Å². The van der Waals surface area contributed by atoms with Crippen molar-refractivity contribution in [1.29, 1.82) is 0 Å². The molecule has 0 bridgehead atoms. The van der Waals surface area contributed by atoms with E-state index in [-0.39, 0.29) is 0 Å². The van der Waals surface area contributed by atoms with Gasteiger partial charge in [-0.15, -0.1) is 17.1 Å². The average Bonchev–Trinajstić information content (AvgIpc) is 2.75. The summed E-state index contributed by atoms with van der Waals surface area (Å²) in [5.41, 5.74) is 6.98. The molecule has 1 aliphatic heterocycles. The maximum Gasteiger partial charge on any atom is 0.106 e. The van der Waals surface area contributed by atoms with Gasteiger partial charge in [-0.2, -0.15) is 0 Å². The molecule has 0 unspecified atom stereocenters. The zero-order chi connectivity index (χ0) is 10.7. The molecule has 80 valence electrons. The largest absolute Gasteiger partial charge is 0.363 e. The van der Waals surface area contributed by atoms with E-state index in [1.165, 1.54) is 12.8 Å². The van der Waals surface area contributed by atoms with E-state index in [9.17, 15) is 0 Å². The molecular weight excluding hydrogens is 204 g/mol. The second-order valence-electron chi connectivity index (χ2n) is 4.07. The lowest BCUT2D eigenvalue weighted by molar-refractivity contribution is 0.268. The summed E-state index contributed by atoms with van der Waals surface area (Å²) in [5, 5.41) is 2.06. The third-order valence-electron chi connectivity index (χ3n) is 2.94. The lowest BCUT2D eigenvalue weighted by atomic mass is 9.98. The van der Waals surface area contributed by atoms with Crippen molar-refractivity contribution in [3.63, 3.8) is 0 Å². The van der Waals surface area contributed by atoms with Crippen molar-refractivity contribution in [2.24, 2.45) is 5.92 Å². The molecule has 2 nitrogen and oxygen atoms in total. The van der Waals surface area contributed by atoms with Gasteiger partial charge in [-0.05, 0) is 18.8 Å². The average molecular weight is 220 g/mol. The summed E-state index contributed by atoms with van der Waals surface area (Å²) in [6.45, 7) is 8.30. The molecule has 3 heteroatoms. The summed E-state index contributed by atoms with van der Waals surface area (Å²) in [4.78, 5) is 6.67. The summed E-state index contributed by atoms with van der Waals surface area (Å²) in [6.07, 6.45) is 2.52. The molecule has 2 rings (SSSR count). The van der Waals surface area contributed by atoms with E-state index in [1.54, 1.807) is 11.3 Å².